The highest BCUT2D eigenvalue weighted by atomic mass is 32.2. The van der Waals surface area contributed by atoms with Crippen molar-refractivity contribution in [3.8, 4) is 6.07 Å². The van der Waals surface area contributed by atoms with Gasteiger partial charge in [0.25, 0.3) is 0 Å². The molecule has 6 nitrogen and oxygen atoms in total. The molecule has 0 unspecified atom stereocenters. The van der Waals surface area contributed by atoms with E-state index in [4.69, 9.17) is 0 Å². The molecule has 0 aliphatic carbocycles. The third-order valence-electron chi connectivity index (χ3n) is 4.49. The Bertz CT molecular complexity index is 1010. The first-order valence-electron chi connectivity index (χ1n) is 8.33. The normalized spacial score (nSPS) is 15.6. The smallest absolute Gasteiger partial charge is 0.249 e. The van der Waals surface area contributed by atoms with E-state index in [0.29, 0.717) is 11.4 Å². The fraction of sp³-hybridized carbons (Fsp3) is 0.333. The van der Waals surface area contributed by atoms with Crippen LogP contribution in [-0.4, -0.2) is 43.9 Å². The second kappa shape index (κ2) is 7.21. The molecule has 3 rings (SSSR count). The third kappa shape index (κ3) is 3.50. The SMILES string of the molecule is Cc1cc(C)c(C#N)c(N2CCN(S(=O)(=O)c3c(F)cccc3F)CC2)n1. The lowest BCUT2D eigenvalue weighted by atomic mass is 10.1. The van der Waals surface area contributed by atoms with E-state index in [1.807, 2.05) is 24.8 Å². The van der Waals surface area contributed by atoms with Crippen LogP contribution in [0, 0.1) is 36.8 Å². The Morgan fingerprint density at radius 2 is 1.70 bits per heavy atom. The van der Waals surface area contributed by atoms with Crippen LogP contribution in [0.1, 0.15) is 16.8 Å². The summed E-state index contributed by atoms with van der Waals surface area (Å²) in [7, 11) is -4.29. The molecule has 0 bridgehead atoms. The topological polar surface area (TPSA) is 77.3 Å². The summed E-state index contributed by atoms with van der Waals surface area (Å²) in [5.74, 6) is -1.72. The number of rotatable bonds is 3. The second-order valence-electron chi connectivity index (χ2n) is 6.33. The van der Waals surface area contributed by atoms with Gasteiger partial charge in [0.05, 0.1) is 5.56 Å². The molecule has 2 heterocycles. The minimum absolute atomic E-state index is 0.0373. The van der Waals surface area contributed by atoms with Gasteiger partial charge in [0, 0.05) is 31.9 Å². The number of halogens is 2. The number of sulfonamides is 1. The monoisotopic (exact) mass is 392 g/mol. The van der Waals surface area contributed by atoms with E-state index in [2.05, 4.69) is 11.1 Å². The van der Waals surface area contributed by atoms with Gasteiger partial charge in [-0.25, -0.2) is 22.2 Å². The maximum atomic E-state index is 13.9. The van der Waals surface area contributed by atoms with Crippen molar-refractivity contribution in [2.45, 2.75) is 18.7 Å². The van der Waals surface area contributed by atoms with Crippen LogP contribution in [0.4, 0.5) is 14.6 Å². The van der Waals surface area contributed by atoms with Crippen molar-refractivity contribution in [2.24, 2.45) is 0 Å². The second-order valence-corrected chi connectivity index (χ2v) is 8.21. The van der Waals surface area contributed by atoms with Gasteiger partial charge in [0.15, 0.2) is 4.90 Å². The standard InChI is InChI=1S/C18H18F2N4O2S/c1-12-10-13(2)22-18(14(12)11-21)23-6-8-24(9-7-23)27(25,26)17-15(19)4-3-5-16(17)20/h3-5,10H,6-9H2,1-2H3. The Balaban J connectivity index is 1.85. The third-order valence-corrected chi connectivity index (χ3v) is 6.44. The number of nitriles is 1. The molecule has 0 radical (unpaired) electrons. The Morgan fingerprint density at radius 3 is 2.26 bits per heavy atom. The number of hydrogen-bond donors (Lipinski definition) is 0. The number of hydrogen-bond acceptors (Lipinski definition) is 5. The van der Waals surface area contributed by atoms with Crippen molar-refractivity contribution in [1.82, 2.24) is 9.29 Å². The van der Waals surface area contributed by atoms with E-state index in [1.165, 1.54) is 0 Å². The molecule has 9 heteroatoms. The first-order valence-corrected chi connectivity index (χ1v) is 9.77. The molecular formula is C18H18F2N4O2S. The summed E-state index contributed by atoms with van der Waals surface area (Å²) in [6.07, 6.45) is 0. The fourth-order valence-corrected chi connectivity index (χ4v) is 4.71. The average Bonchev–Trinajstić information content (AvgIpc) is 2.61. The van der Waals surface area contributed by atoms with Gasteiger partial charge in [-0.2, -0.15) is 9.57 Å². The van der Waals surface area contributed by atoms with E-state index >= 15 is 0 Å². The van der Waals surface area contributed by atoms with Crippen molar-refractivity contribution >= 4 is 15.8 Å². The van der Waals surface area contributed by atoms with Crippen LogP contribution >= 0.6 is 0 Å². The molecule has 1 aromatic heterocycles. The highest BCUT2D eigenvalue weighted by molar-refractivity contribution is 7.89. The van der Waals surface area contributed by atoms with E-state index in [1.54, 1.807) is 0 Å². The van der Waals surface area contributed by atoms with Crippen LogP contribution in [-0.2, 0) is 10.0 Å². The van der Waals surface area contributed by atoms with E-state index in [9.17, 15) is 22.5 Å². The van der Waals surface area contributed by atoms with Crippen LogP contribution in [0.15, 0.2) is 29.2 Å². The number of benzene rings is 1. The maximum Gasteiger partial charge on any atom is 0.249 e. The van der Waals surface area contributed by atoms with E-state index < -0.39 is 26.6 Å². The Kier molecular flexibility index (Phi) is 5.13. The van der Waals surface area contributed by atoms with Crippen molar-refractivity contribution in [2.75, 3.05) is 31.1 Å². The van der Waals surface area contributed by atoms with Gasteiger partial charge in [0.1, 0.15) is 23.5 Å². The number of aryl methyl sites for hydroxylation is 2. The van der Waals surface area contributed by atoms with Crippen molar-refractivity contribution in [3.63, 3.8) is 0 Å². The average molecular weight is 392 g/mol. The van der Waals surface area contributed by atoms with Gasteiger partial charge in [-0.05, 0) is 37.6 Å². The summed E-state index contributed by atoms with van der Waals surface area (Å²) in [6.45, 7) is 4.24. The molecule has 1 aliphatic rings. The molecule has 0 N–H and O–H groups in total. The summed E-state index contributed by atoms with van der Waals surface area (Å²) in [5, 5.41) is 9.41. The molecule has 1 aliphatic heterocycles. The predicted octanol–water partition coefficient (Wildman–Crippen LogP) is 2.36. The molecule has 1 fully saturated rings. The van der Waals surface area contributed by atoms with Gasteiger partial charge in [-0.15, -0.1) is 0 Å². The first kappa shape index (κ1) is 19.2. The zero-order valence-electron chi connectivity index (χ0n) is 14.9. The molecule has 0 amide bonds. The van der Waals surface area contributed by atoms with Crippen molar-refractivity contribution < 1.29 is 17.2 Å². The molecule has 1 saturated heterocycles. The summed E-state index contributed by atoms with van der Waals surface area (Å²) in [4.78, 5) is 5.31. The summed E-state index contributed by atoms with van der Waals surface area (Å²) in [5.41, 5.74) is 1.99. The Labute approximate surface area is 156 Å². The molecule has 142 valence electrons. The predicted molar refractivity (Wildman–Crippen MR) is 95.8 cm³/mol. The van der Waals surface area contributed by atoms with Gasteiger partial charge < -0.3 is 4.90 Å². The van der Waals surface area contributed by atoms with E-state index in [-0.39, 0.29) is 26.2 Å². The van der Waals surface area contributed by atoms with Crippen LogP contribution < -0.4 is 4.90 Å². The molecule has 27 heavy (non-hydrogen) atoms. The molecule has 0 spiro atoms. The lowest BCUT2D eigenvalue weighted by Gasteiger charge is -2.35. The van der Waals surface area contributed by atoms with Crippen LogP contribution in [0.2, 0.25) is 0 Å². The Hall–Kier alpha value is -2.57. The number of anilines is 1. The zero-order chi connectivity index (χ0) is 19.8. The first-order chi connectivity index (χ1) is 12.8. The van der Waals surface area contributed by atoms with Gasteiger partial charge in [0.2, 0.25) is 10.0 Å². The number of piperazine rings is 1. The van der Waals surface area contributed by atoms with Crippen LogP contribution in [0.25, 0.3) is 0 Å². The lowest BCUT2D eigenvalue weighted by Crippen LogP contribution is -2.49. The molecule has 1 aromatic carbocycles. The largest absolute Gasteiger partial charge is 0.353 e. The minimum atomic E-state index is -4.29. The maximum absolute atomic E-state index is 13.9. The number of nitrogens with zero attached hydrogens (tertiary/aromatic N) is 4. The van der Waals surface area contributed by atoms with Crippen molar-refractivity contribution in [3.05, 3.63) is 52.7 Å². The molecular weight excluding hydrogens is 374 g/mol. The summed E-state index contributed by atoms with van der Waals surface area (Å²) < 4.78 is 54.2. The lowest BCUT2D eigenvalue weighted by molar-refractivity contribution is 0.377. The fourth-order valence-electron chi connectivity index (χ4n) is 3.18. The molecule has 0 saturated carbocycles. The van der Waals surface area contributed by atoms with E-state index in [0.717, 1.165) is 33.8 Å². The van der Waals surface area contributed by atoms with Crippen molar-refractivity contribution in [1.29, 1.82) is 5.26 Å². The minimum Gasteiger partial charge on any atom is -0.353 e. The highest BCUT2D eigenvalue weighted by Gasteiger charge is 2.33. The Morgan fingerprint density at radius 1 is 1.11 bits per heavy atom. The van der Waals surface area contributed by atoms with Gasteiger partial charge >= 0.3 is 0 Å². The molecule has 0 atom stereocenters. The quantitative estimate of drug-likeness (QED) is 0.801. The number of pyridine rings is 1. The number of aromatic nitrogens is 1. The van der Waals surface area contributed by atoms with Gasteiger partial charge in [-0.1, -0.05) is 6.07 Å². The van der Waals surface area contributed by atoms with Crippen LogP contribution in [0.5, 0.6) is 0 Å². The summed E-state index contributed by atoms with van der Waals surface area (Å²) in [6, 6.07) is 6.91. The molecule has 2 aromatic rings. The highest BCUT2D eigenvalue weighted by Crippen LogP contribution is 2.26. The van der Waals surface area contributed by atoms with Gasteiger partial charge in [-0.3, -0.25) is 0 Å². The zero-order valence-corrected chi connectivity index (χ0v) is 15.7. The summed E-state index contributed by atoms with van der Waals surface area (Å²) >= 11 is 0. The van der Waals surface area contributed by atoms with Crippen LogP contribution in [0.3, 0.4) is 0 Å².